The van der Waals surface area contributed by atoms with Gasteiger partial charge in [0.15, 0.2) is 0 Å². The Bertz CT molecular complexity index is 2010. The fraction of sp³-hybridized carbons (Fsp3) is 0.0465. The molecule has 1 atom stereocenters. The van der Waals surface area contributed by atoms with E-state index in [-0.39, 0.29) is 26.2 Å². The molecule has 8 rings (SSSR count). The van der Waals surface area contributed by atoms with Crippen LogP contribution in [0.4, 0.5) is 5.69 Å². The first-order valence-electron chi connectivity index (χ1n) is 15.1. The van der Waals surface area contributed by atoms with Crippen LogP contribution in [0.3, 0.4) is 0 Å². The molecule has 0 aliphatic heterocycles. The smallest absolute Gasteiger partial charge is 0.137 e. The molecule has 0 radical (unpaired) electrons. The summed E-state index contributed by atoms with van der Waals surface area (Å²) in [5, 5.41) is 16.7. The number of nitrogens with zero attached hydrogens (tertiary/aromatic N) is 1. The molecule has 0 saturated carbocycles. The van der Waals surface area contributed by atoms with Crippen LogP contribution in [0.25, 0.3) is 21.5 Å². The fourth-order valence-electron chi connectivity index (χ4n) is 5.84. The van der Waals surface area contributed by atoms with Crippen LogP contribution in [-0.2, 0) is 38.2 Å². The van der Waals surface area contributed by atoms with Crippen molar-refractivity contribution in [2.45, 2.75) is 12.0 Å². The van der Waals surface area contributed by atoms with Gasteiger partial charge in [-0.2, -0.15) is 49.2 Å². The Balaban J connectivity index is 0.000000230. The van der Waals surface area contributed by atoms with Crippen molar-refractivity contribution in [3.63, 3.8) is 0 Å². The van der Waals surface area contributed by atoms with Crippen LogP contribution >= 0.6 is 0 Å². The van der Waals surface area contributed by atoms with E-state index in [0.29, 0.717) is 6.42 Å². The normalized spacial score (nSPS) is 15.3. The zero-order chi connectivity index (χ0) is 31.1. The first-order chi connectivity index (χ1) is 22.0. The Labute approximate surface area is 291 Å². The van der Waals surface area contributed by atoms with Gasteiger partial charge in [0.05, 0.1) is 11.4 Å². The summed E-state index contributed by atoms with van der Waals surface area (Å²) in [5.74, 6) is 0. The SMILES string of the molecule is OC1(Cc2ccccc2)C(=Nc2cccc3ccccc23)c2cccc3cccc1c23.[CH2-]c1ccccc1.[CH2-]c1ccccc1.[Zr]. The molecule has 1 aliphatic rings. The van der Waals surface area contributed by atoms with E-state index in [2.05, 4.69) is 62.4 Å². The first kappa shape index (κ1) is 32.7. The summed E-state index contributed by atoms with van der Waals surface area (Å²) in [4.78, 5) is 5.14. The molecule has 0 amide bonds. The molecule has 1 N–H and O–H groups in total. The maximum Gasteiger partial charge on any atom is 0.137 e. The van der Waals surface area contributed by atoms with Crippen molar-refractivity contribution < 1.29 is 31.3 Å². The fourth-order valence-corrected chi connectivity index (χ4v) is 5.84. The van der Waals surface area contributed by atoms with Crippen molar-refractivity contribution in [1.82, 2.24) is 0 Å². The van der Waals surface area contributed by atoms with E-state index in [1.807, 2.05) is 121 Å². The Kier molecular flexibility index (Phi) is 10.7. The third-order valence-electron chi connectivity index (χ3n) is 7.98. The molecule has 3 heteroatoms. The Hall–Kier alpha value is -4.69. The van der Waals surface area contributed by atoms with Crippen LogP contribution in [0, 0.1) is 13.8 Å². The van der Waals surface area contributed by atoms with Gasteiger partial charge in [-0.1, -0.05) is 115 Å². The van der Waals surface area contributed by atoms with Gasteiger partial charge in [-0.05, 0) is 33.4 Å². The molecule has 0 bridgehead atoms. The van der Waals surface area contributed by atoms with Crippen LogP contribution in [0.15, 0.2) is 175 Å². The van der Waals surface area contributed by atoms with Crippen molar-refractivity contribution in [3.8, 4) is 0 Å². The number of fused-ring (bicyclic) bond motifs is 1. The second-order valence-corrected chi connectivity index (χ2v) is 11.2. The maximum atomic E-state index is 12.2. The molecule has 0 fully saturated rings. The first-order valence-corrected chi connectivity index (χ1v) is 15.1. The number of rotatable bonds is 3. The predicted molar refractivity (Wildman–Crippen MR) is 190 cm³/mol. The van der Waals surface area contributed by atoms with Gasteiger partial charge in [0, 0.05) is 43.6 Å². The minimum Gasteiger partial charge on any atom is -0.378 e. The van der Waals surface area contributed by atoms with Gasteiger partial charge >= 0.3 is 0 Å². The number of aliphatic imine (C=N–C) groups is 1. The third kappa shape index (κ3) is 7.23. The van der Waals surface area contributed by atoms with E-state index >= 15 is 0 Å². The Morgan fingerprint density at radius 2 is 1.02 bits per heavy atom. The molecule has 7 aromatic rings. The summed E-state index contributed by atoms with van der Waals surface area (Å²) in [6.07, 6.45) is 0.477. The largest absolute Gasteiger partial charge is 0.378 e. The molecular formula is C43H35NOZr-2. The molecule has 1 aliphatic carbocycles. The van der Waals surface area contributed by atoms with Gasteiger partial charge in [0.25, 0.3) is 0 Å². The zero-order valence-electron chi connectivity index (χ0n) is 25.7. The van der Waals surface area contributed by atoms with Crippen molar-refractivity contribution in [2.75, 3.05) is 0 Å². The topological polar surface area (TPSA) is 32.6 Å². The van der Waals surface area contributed by atoms with E-state index in [0.717, 1.165) is 60.8 Å². The molecule has 0 saturated heterocycles. The van der Waals surface area contributed by atoms with Crippen LogP contribution in [0.1, 0.15) is 27.8 Å². The molecule has 0 heterocycles. The summed E-state index contributed by atoms with van der Waals surface area (Å²) < 4.78 is 0. The van der Waals surface area contributed by atoms with E-state index < -0.39 is 5.60 Å². The average Bonchev–Trinajstić information content (AvgIpc) is 3.31. The Morgan fingerprint density at radius 1 is 0.522 bits per heavy atom. The molecule has 1 unspecified atom stereocenters. The standard InChI is InChI=1S/C29H21NO.2C7H7.Zr/c31-29(19-20-9-2-1-3-10-20)25-17-7-14-22-13-6-16-24(27(22)25)28(29)30-26-18-8-12-21-11-4-5-15-23(21)26;2*1-7-5-3-2-4-6-7;/h1-18,31H,19H2;2*2-6H,1H2;/q;2*-1;. The van der Waals surface area contributed by atoms with Crippen LogP contribution < -0.4 is 0 Å². The summed E-state index contributed by atoms with van der Waals surface area (Å²) >= 11 is 0. The minimum atomic E-state index is -1.19. The van der Waals surface area contributed by atoms with Crippen molar-refractivity contribution in [2.24, 2.45) is 4.99 Å². The number of hydrogen-bond donors (Lipinski definition) is 1. The minimum absolute atomic E-state index is 0. The number of hydrogen-bond acceptors (Lipinski definition) is 2. The molecule has 0 spiro atoms. The van der Waals surface area contributed by atoms with E-state index in [1.54, 1.807) is 0 Å². The van der Waals surface area contributed by atoms with Crippen molar-refractivity contribution in [3.05, 3.63) is 212 Å². The van der Waals surface area contributed by atoms with Gasteiger partial charge < -0.3 is 5.11 Å². The zero-order valence-corrected chi connectivity index (χ0v) is 28.1. The monoisotopic (exact) mass is 671 g/mol. The number of aliphatic hydroxyl groups is 1. The van der Waals surface area contributed by atoms with Gasteiger partial charge in [-0.15, -0.1) is 24.3 Å². The van der Waals surface area contributed by atoms with Crippen LogP contribution in [-0.4, -0.2) is 10.8 Å². The second-order valence-electron chi connectivity index (χ2n) is 11.2. The predicted octanol–water partition coefficient (Wildman–Crippen LogP) is 10.3. The molecule has 224 valence electrons. The van der Waals surface area contributed by atoms with Crippen LogP contribution in [0.2, 0.25) is 0 Å². The van der Waals surface area contributed by atoms with Gasteiger partial charge in [0.2, 0.25) is 0 Å². The molecule has 46 heavy (non-hydrogen) atoms. The summed E-state index contributed by atoms with van der Waals surface area (Å²) in [6.45, 7) is 7.44. The van der Waals surface area contributed by atoms with Gasteiger partial charge in [-0.25, -0.2) is 4.99 Å². The quantitative estimate of drug-likeness (QED) is 0.186. The Morgan fingerprint density at radius 3 is 1.63 bits per heavy atom. The second kappa shape index (κ2) is 15.1. The van der Waals surface area contributed by atoms with Crippen molar-refractivity contribution >= 4 is 32.9 Å². The average molecular weight is 673 g/mol. The summed E-state index contributed by atoms with van der Waals surface area (Å²) in [7, 11) is 0. The maximum absolute atomic E-state index is 12.2. The van der Waals surface area contributed by atoms with E-state index in [4.69, 9.17) is 4.99 Å². The molecule has 0 aromatic heterocycles. The van der Waals surface area contributed by atoms with Gasteiger partial charge in [0.1, 0.15) is 5.60 Å². The molecule has 7 aromatic carbocycles. The molecule has 2 nitrogen and oxygen atoms in total. The molecular weight excluding hydrogens is 638 g/mol. The summed E-state index contributed by atoms with van der Waals surface area (Å²) in [6, 6.07) is 56.7. The van der Waals surface area contributed by atoms with Crippen molar-refractivity contribution in [1.29, 1.82) is 0 Å². The summed E-state index contributed by atoms with van der Waals surface area (Å²) in [5.41, 5.74) is 5.58. The third-order valence-corrected chi connectivity index (χ3v) is 7.98. The van der Waals surface area contributed by atoms with E-state index in [9.17, 15) is 5.11 Å². The van der Waals surface area contributed by atoms with E-state index in [1.165, 1.54) is 0 Å². The number of benzene rings is 7. The van der Waals surface area contributed by atoms with Gasteiger partial charge in [-0.3, -0.25) is 0 Å². The van der Waals surface area contributed by atoms with Crippen LogP contribution in [0.5, 0.6) is 0 Å².